The van der Waals surface area contributed by atoms with E-state index in [1.165, 1.54) is 13.2 Å². The number of ether oxygens (including phenoxy) is 1. The van der Waals surface area contributed by atoms with E-state index in [4.69, 9.17) is 9.72 Å². The molecule has 0 amide bonds. The average molecular weight is 455 g/mol. The summed E-state index contributed by atoms with van der Waals surface area (Å²) in [6, 6.07) is 6.18. The van der Waals surface area contributed by atoms with Gasteiger partial charge in [-0.1, -0.05) is 18.2 Å². The Hall–Kier alpha value is -3.13. The molecule has 0 spiro atoms. The van der Waals surface area contributed by atoms with Crippen LogP contribution in [0.25, 0.3) is 27.6 Å². The van der Waals surface area contributed by atoms with E-state index in [9.17, 15) is 8.78 Å². The number of nitrogens with zero attached hydrogens (tertiary/aromatic N) is 4. The molecule has 0 radical (unpaired) electrons. The highest BCUT2D eigenvalue weighted by molar-refractivity contribution is 9.10. The zero-order valence-corrected chi connectivity index (χ0v) is 16.7. The van der Waals surface area contributed by atoms with Crippen LogP contribution in [0, 0.1) is 11.6 Å². The molecule has 0 unspecified atom stereocenters. The fourth-order valence-corrected chi connectivity index (χ4v) is 3.77. The molecule has 0 atom stereocenters. The molecule has 0 N–H and O–H groups in total. The highest BCUT2D eigenvalue weighted by atomic mass is 79.9. The standard InChI is InChI=1S/C21H13BrF2N4O/c1-29-16-9-12(13-5-6-15(23)17(24)18(13)26-16)10-28-20(11-3-2-4-11)27-19-14(22)7-8-25-21(19)28/h2-9H,10H2,1H3. The molecule has 0 saturated heterocycles. The van der Waals surface area contributed by atoms with E-state index in [0.717, 1.165) is 33.0 Å². The maximum Gasteiger partial charge on any atom is 0.213 e. The van der Waals surface area contributed by atoms with E-state index in [2.05, 4.69) is 25.9 Å². The Morgan fingerprint density at radius 2 is 1.97 bits per heavy atom. The monoisotopic (exact) mass is 454 g/mol. The number of fused-ring (bicyclic) bond motifs is 2. The summed E-state index contributed by atoms with van der Waals surface area (Å²) in [4.78, 5) is 13.3. The predicted octanol–water partition coefficient (Wildman–Crippen LogP) is 5.03. The number of pyridine rings is 2. The second kappa shape index (κ2) is 6.73. The van der Waals surface area contributed by atoms with Gasteiger partial charge < -0.3 is 9.30 Å². The Kier molecular flexibility index (Phi) is 4.16. The van der Waals surface area contributed by atoms with Crippen LogP contribution >= 0.6 is 15.9 Å². The van der Waals surface area contributed by atoms with Gasteiger partial charge in [-0.3, -0.25) is 0 Å². The fraction of sp³-hybridized carbons (Fsp3) is 0.0952. The molecule has 5 nitrogen and oxygen atoms in total. The van der Waals surface area contributed by atoms with Gasteiger partial charge in [0.15, 0.2) is 17.3 Å². The molecule has 0 fully saturated rings. The first kappa shape index (κ1) is 17.9. The van der Waals surface area contributed by atoms with E-state index < -0.39 is 11.6 Å². The minimum atomic E-state index is -0.996. The van der Waals surface area contributed by atoms with Crippen LogP contribution in [-0.4, -0.2) is 26.6 Å². The van der Waals surface area contributed by atoms with Crippen molar-refractivity contribution >= 4 is 43.6 Å². The van der Waals surface area contributed by atoms with Crippen molar-refractivity contribution in [2.75, 3.05) is 7.11 Å². The van der Waals surface area contributed by atoms with Crippen LogP contribution in [0.1, 0.15) is 11.4 Å². The zero-order chi connectivity index (χ0) is 20.1. The molecule has 29 heavy (non-hydrogen) atoms. The summed E-state index contributed by atoms with van der Waals surface area (Å²) in [6.45, 7) is 0.334. The molecule has 4 aromatic rings. The van der Waals surface area contributed by atoms with Crippen molar-refractivity contribution in [3.63, 3.8) is 0 Å². The van der Waals surface area contributed by atoms with Crippen molar-refractivity contribution in [2.24, 2.45) is 0 Å². The zero-order valence-electron chi connectivity index (χ0n) is 15.2. The summed E-state index contributed by atoms with van der Waals surface area (Å²) in [5, 5.41) is 0.505. The third-order valence-electron chi connectivity index (χ3n) is 4.87. The molecule has 1 aromatic carbocycles. The van der Waals surface area contributed by atoms with Crippen LogP contribution in [-0.2, 0) is 6.54 Å². The number of rotatable bonds is 4. The van der Waals surface area contributed by atoms with Crippen LogP contribution in [0.4, 0.5) is 8.78 Å². The van der Waals surface area contributed by atoms with Gasteiger partial charge in [0.1, 0.15) is 16.9 Å². The van der Waals surface area contributed by atoms with Crippen molar-refractivity contribution < 1.29 is 13.5 Å². The summed E-state index contributed by atoms with van der Waals surface area (Å²) < 4.78 is 36.2. The average Bonchev–Trinajstić information content (AvgIpc) is 3.03. The number of halogens is 3. The number of methoxy groups -OCH3 is 1. The van der Waals surface area contributed by atoms with Gasteiger partial charge in [-0.2, -0.15) is 0 Å². The number of hydrogen-bond donors (Lipinski definition) is 0. The molecule has 1 aliphatic carbocycles. The minimum Gasteiger partial charge on any atom is -0.481 e. The number of hydrogen-bond acceptors (Lipinski definition) is 4. The first-order valence-corrected chi connectivity index (χ1v) is 9.57. The molecular formula is C21H13BrF2N4O. The first-order valence-electron chi connectivity index (χ1n) is 8.78. The topological polar surface area (TPSA) is 52.8 Å². The van der Waals surface area contributed by atoms with Crippen LogP contribution in [0.5, 0.6) is 5.88 Å². The van der Waals surface area contributed by atoms with Gasteiger partial charge in [0, 0.05) is 27.7 Å². The summed E-state index contributed by atoms with van der Waals surface area (Å²) in [5.41, 5.74) is 3.03. The lowest BCUT2D eigenvalue weighted by atomic mass is 10.1. The van der Waals surface area contributed by atoms with Crippen molar-refractivity contribution in [3.8, 4) is 5.88 Å². The lowest BCUT2D eigenvalue weighted by Gasteiger charge is -2.14. The molecule has 144 valence electrons. The summed E-state index contributed by atoms with van der Waals surface area (Å²) >= 11 is 3.52. The Morgan fingerprint density at radius 1 is 1.14 bits per heavy atom. The van der Waals surface area contributed by atoms with Gasteiger partial charge in [0.05, 0.1) is 13.7 Å². The largest absolute Gasteiger partial charge is 0.481 e. The summed E-state index contributed by atoms with van der Waals surface area (Å²) in [7, 11) is 1.44. The van der Waals surface area contributed by atoms with E-state index >= 15 is 0 Å². The Labute approximate surface area is 172 Å². The number of aromatic nitrogens is 4. The van der Waals surface area contributed by atoms with E-state index in [-0.39, 0.29) is 11.4 Å². The molecular weight excluding hydrogens is 442 g/mol. The molecule has 3 heterocycles. The molecule has 3 aromatic heterocycles. The van der Waals surface area contributed by atoms with E-state index in [1.807, 2.05) is 28.9 Å². The normalized spacial score (nSPS) is 13.0. The van der Waals surface area contributed by atoms with Crippen LogP contribution in [0.15, 0.2) is 53.2 Å². The van der Waals surface area contributed by atoms with Gasteiger partial charge in [-0.15, -0.1) is 0 Å². The fourth-order valence-electron chi connectivity index (χ4n) is 3.38. The van der Waals surface area contributed by atoms with Gasteiger partial charge in [-0.25, -0.2) is 23.7 Å². The Bertz CT molecular complexity index is 1360. The predicted molar refractivity (Wildman–Crippen MR) is 110 cm³/mol. The van der Waals surface area contributed by atoms with E-state index in [0.29, 0.717) is 17.6 Å². The van der Waals surface area contributed by atoms with Gasteiger partial charge in [-0.05, 0) is 39.7 Å². The van der Waals surface area contributed by atoms with Crippen LogP contribution < -0.4 is 4.74 Å². The second-order valence-corrected chi connectivity index (χ2v) is 7.40. The third-order valence-corrected chi connectivity index (χ3v) is 5.51. The first-order chi connectivity index (χ1) is 14.1. The molecule has 0 aliphatic heterocycles. The van der Waals surface area contributed by atoms with Crippen LogP contribution in [0.3, 0.4) is 0 Å². The van der Waals surface area contributed by atoms with Crippen molar-refractivity contribution in [3.05, 3.63) is 76.2 Å². The maximum atomic E-state index is 14.4. The summed E-state index contributed by atoms with van der Waals surface area (Å²) in [5.74, 6) is -0.995. The SMILES string of the molecule is COc1cc(Cn2c(C3=CC=C3)nc3c(Br)ccnc32)c2ccc(F)c(F)c2n1. The highest BCUT2D eigenvalue weighted by Gasteiger charge is 2.20. The van der Waals surface area contributed by atoms with Crippen LogP contribution in [0.2, 0.25) is 0 Å². The summed E-state index contributed by atoms with van der Waals surface area (Å²) in [6.07, 6.45) is 7.56. The highest BCUT2D eigenvalue weighted by Crippen LogP contribution is 2.32. The molecule has 0 bridgehead atoms. The van der Waals surface area contributed by atoms with Crippen molar-refractivity contribution in [1.29, 1.82) is 0 Å². The minimum absolute atomic E-state index is 0.0674. The lowest BCUT2D eigenvalue weighted by molar-refractivity contribution is 0.398. The number of benzene rings is 1. The van der Waals surface area contributed by atoms with Crippen molar-refractivity contribution in [2.45, 2.75) is 6.54 Å². The smallest absolute Gasteiger partial charge is 0.213 e. The van der Waals surface area contributed by atoms with Gasteiger partial charge in [0.2, 0.25) is 5.88 Å². The lowest BCUT2D eigenvalue weighted by Crippen LogP contribution is -2.08. The van der Waals surface area contributed by atoms with Crippen molar-refractivity contribution in [1.82, 2.24) is 19.5 Å². The molecule has 8 heteroatoms. The van der Waals surface area contributed by atoms with E-state index in [1.54, 1.807) is 12.3 Å². The van der Waals surface area contributed by atoms with Gasteiger partial charge in [0.25, 0.3) is 0 Å². The Balaban J connectivity index is 1.75. The number of imidazole rings is 1. The number of allylic oxidation sites excluding steroid dienone is 4. The maximum absolute atomic E-state index is 14.4. The molecule has 5 rings (SSSR count). The second-order valence-electron chi connectivity index (χ2n) is 6.55. The quantitative estimate of drug-likeness (QED) is 0.433. The van der Waals surface area contributed by atoms with Gasteiger partial charge >= 0.3 is 0 Å². The Morgan fingerprint density at radius 3 is 2.69 bits per heavy atom. The third kappa shape index (κ3) is 2.82. The molecule has 0 saturated carbocycles. The molecule has 1 aliphatic rings.